The third kappa shape index (κ3) is 4.19. The predicted molar refractivity (Wildman–Crippen MR) is 79.7 cm³/mol. The highest BCUT2D eigenvalue weighted by Gasteiger charge is 2.30. The van der Waals surface area contributed by atoms with E-state index in [1.807, 2.05) is 6.92 Å². The molecule has 1 aromatic heterocycles. The quantitative estimate of drug-likeness (QED) is 0.820. The fraction of sp³-hybridized carbons (Fsp3) is 0.538. The van der Waals surface area contributed by atoms with Crippen molar-refractivity contribution in [3.8, 4) is 0 Å². The maximum Gasteiger partial charge on any atom is 0.270 e. The number of nitrogens with zero attached hydrogens (tertiary/aromatic N) is 1. The fourth-order valence-corrected chi connectivity index (χ4v) is 1.72. The van der Waals surface area contributed by atoms with Crippen molar-refractivity contribution >= 4 is 21.4 Å². The summed E-state index contributed by atoms with van der Waals surface area (Å²) in [4.78, 5) is 16.0. The van der Waals surface area contributed by atoms with Crippen LogP contribution in [0.25, 0.3) is 0 Å². The molecule has 0 aromatic carbocycles. The second-order valence-electron chi connectivity index (χ2n) is 5.17. The molecule has 6 nitrogen and oxygen atoms in total. The lowest BCUT2D eigenvalue weighted by Gasteiger charge is -2.22. The van der Waals surface area contributed by atoms with E-state index < -0.39 is 14.6 Å². The van der Waals surface area contributed by atoms with E-state index in [9.17, 15) is 13.2 Å². The number of hydrogen-bond acceptors (Lipinski definition) is 5. The standard InChI is InChI=1S/C13H21N3O3S/c1-5-14-10-6-7-15-11(8-10)12(17)16-9-13(2,3)20(4,18)19/h6-8H,5,9H2,1-4H3,(H,14,15)(H,16,17). The minimum Gasteiger partial charge on any atom is -0.385 e. The zero-order valence-corrected chi connectivity index (χ0v) is 13.0. The maximum absolute atomic E-state index is 12.0. The van der Waals surface area contributed by atoms with Gasteiger partial charge >= 0.3 is 0 Å². The Bertz CT molecular complexity index is 582. The highest BCUT2D eigenvalue weighted by molar-refractivity contribution is 7.92. The first-order valence-corrected chi connectivity index (χ1v) is 8.24. The molecule has 0 aliphatic carbocycles. The van der Waals surface area contributed by atoms with Crippen LogP contribution in [0.3, 0.4) is 0 Å². The summed E-state index contributed by atoms with van der Waals surface area (Å²) in [5.41, 5.74) is 1.06. The van der Waals surface area contributed by atoms with E-state index in [1.54, 1.807) is 26.0 Å². The summed E-state index contributed by atoms with van der Waals surface area (Å²) in [6.45, 7) is 5.88. The molecule has 1 amide bonds. The van der Waals surface area contributed by atoms with Crippen molar-refractivity contribution in [3.05, 3.63) is 24.0 Å². The number of amides is 1. The largest absolute Gasteiger partial charge is 0.385 e. The fourth-order valence-electron chi connectivity index (χ4n) is 1.38. The molecule has 0 spiro atoms. The van der Waals surface area contributed by atoms with Crippen LogP contribution in [0.1, 0.15) is 31.3 Å². The van der Waals surface area contributed by atoms with Crippen LogP contribution >= 0.6 is 0 Å². The number of rotatable bonds is 6. The van der Waals surface area contributed by atoms with Gasteiger partial charge in [0.15, 0.2) is 9.84 Å². The first-order chi connectivity index (χ1) is 9.17. The van der Waals surface area contributed by atoms with Crippen molar-refractivity contribution in [2.45, 2.75) is 25.5 Å². The molecule has 112 valence electrons. The van der Waals surface area contributed by atoms with E-state index >= 15 is 0 Å². The van der Waals surface area contributed by atoms with E-state index in [4.69, 9.17) is 0 Å². The molecule has 0 bridgehead atoms. The van der Waals surface area contributed by atoms with Gasteiger partial charge in [0.25, 0.3) is 5.91 Å². The predicted octanol–water partition coefficient (Wildman–Crippen LogP) is 1.07. The Kier molecular flexibility index (Phi) is 5.10. The Labute approximate surface area is 119 Å². The van der Waals surface area contributed by atoms with Crippen LogP contribution in [0, 0.1) is 0 Å². The normalized spacial score (nSPS) is 12.0. The lowest BCUT2D eigenvalue weighted by atomic mass is 10.2. The second kappa shape index (κ2) is 6.21. The topological polar surface area (TPSA) is 88.2 Å². The molecule has 0 atom stereocenters. The number of pyridine rings is 1. The summed E-state index contributed by atoms with van der Waals surface area (Å²) in [5.74, 6) is -0.388. The molecular weight excluding hydrogens is 278 g/mol. The van der Waals surface area contributed by atoms with Crippen molar-refractivity contribution in [1.82, 2.24) is 10.3 Å². The van der Waals surface area contributed by atoms with E-state index in [1.165, 1.54) is 6.20 Å². The molecule has 0 radical (unpaired) electrons. The minimum absolute atomic E-state index is 0.0395. The van der Waals surface area contributed by atoms with Gasteiger partial charge in [-0.1, -0.05) is 0 Å². The van der Waals surface area contributed by atoms with Gasteiger partial charge in [-0.05, 0) is 32.9 Å². The molecule has 1 heterocycles. The Morgan fingerprint density at radius 1 is 1.40 bits per heavy atom. The van der Waals surface area contributed by atoms with Gasteiger partial charge in [0.2, 0.25) is 0 Å². The number of nitrogens with one attached hydrogen (secondary N) is 2. The van der Waals surface area contributed by atoms with Gasteiger partial charge in [0.05, 0.1) is 4.75 Å². The van der Waals surface area contributed by atoms with E-state index in [0.29, 0.717) is 0 Å². The molecule has 0 saturated carbocycles. The zero-order valence-electron chi connectivity index (χ0n) is 12.2. The van der Waals surface area contributed by atoms with Gasteiger partial charge in [-0.15, -0.1) is 0 Å². The highest BCUT2D eigenvalue weighted by Crippen LogP contribution is 2.14. The lowest BCUT2D eigenvalue weighted by Crippen LogP contribution is -2.43. The Hall–Kier alpha value is -1.63. The number of aromatic nitrogens is 1. The minimum atomic E-state index is -3.24. The summed E-state index contributed by atoms with van der Waals surface area (Å²) < 4.78 is 22.1. The van der Waals surface area contributed by atoms with Crippen LogP contribution in [-0.4, -0.2) is 43.4 Å². The molecular formula is C13H21N3O3S. The molecule has 0 aliphatic heterocycles. The zero-order chi connectivity index (χ0) is 15.4. The number of anilines is 1. The third-order valence-electron chi connectivity index (χ3n) is 3.05. The molecule has 0 unspecified atom stereocenters. The van der Waals surface area contributed by atoms with Gasteiger partial charge in [0.1, 0.15) is 5.69 Å². The van der Waals surface area contributed by atoms with E-state index in [-0.39, 0.29) is 18.1 Å². The van der Waals surface area contributed by atoms with Crippen LogP contribution < -0.4 is 10.6 Å². The third-order valence-corrected chi connectivity index (χ3v) is 5.20. The molecule has 0 fully saturated rings. The van der Waals surface area contributed by atoms with Crippen molar-refractivity contribution in [1.29, 1.82) is 0 Å². The van der Waals surface area contributed by atoms with Gasteiger partial charge in [0, 0.05) is 31.2 Å². The summed E-state index contributed by atoms with van der Waals surface area (Å²) in [5, 5.41) is 5.69. The van der Waals surface area contributed by atoms with E-state index in [2.05, 4.69) is 15.6 Å². The monoisotopic (exact) mass is 299 g/mol. The first kappa shape index (κ1) is 16.4. The number of carbonyl (C=O) groups is 1. The number of sulfone groups is 1. The molecule has 0 saturated heterocycles. The highest BCUT2D eigenvalue weighted by atomic mass is 32.2. The molecule has 20 heavy (non-hydrogen) atoms. The smallest absolute Gasteiger partial charge is 0.270 e. The van der Waals surface area contributed by atoms with Crippen LogP contribution in [0.2, 0.25) is 0 Å². The van der Waals surface area contributed by atoms with Gasteiger partial charge in [-0.3, -0.25) is 9.78 Å². The second-order valence-corrected chi connectivity index (χ2v) is 7.82. The van der Waals surface area contributed by atoms with Crippen molar-refractivity contribution < 1.29 is 13.2 Å². The molecule has 2 N–H and O–H groups in total. The molecule has 0 aliphatic rings. The number of carbonyl (C=O) groups excluding carboxylic acids is 1. The average Bonchev–Trinajstić information content (AvgIpc) is 2.35. The van der Waals surface area contributed by atoms with Crippen LogP contribution in [0.5, 0.6) is 0 Å². The van der Waals surface area contributed by atoms with Gasteiger partial charge in [-0.25, -0.2) is 8.42 Å². The van der Waals surface area contributed by atoms with E-state index in [0.717, 1.165) is 18.5 Å². The average molecular weight is 299 g/mol. The molecule has 1 rings (SSSR count). The van der Waals surface area contributed by atoms with Gasteiger partial charge < -0.3 is 10.6 Å². The molecule has 7 heteroatoms. The Morgan fingerprint density at radius 3 is 2.60 bits per heavy atom. The first-order valence-electron chi connectivity index (χ1n) is 6.35. The summed E-state index contributed by atoms with van der Waals surface area (Å²) in [7, 11) is -3.24. The maximum atomic E-state index is 12.0. The lowest BCUT2D eigenvalue weighted by molar-refractivity contribution is 0.0945. The Morgan fingerprint density at radius 2 is 2.05 bits per heavy atom. The Balaban J connectivity index is 2.75. The van der Waals surface area contributed by atoms with Crippen LogP contribution in [0.15, 0.2) is 18.3 Å². The van der Waals surface area contributed by atoms with Crippen molar-refractivity contribution in [3.63, 3.8) is 0 Å². The summed E-state index contributed by atoms with van der Waals surface area (Å²) in [6.07, 6.45) is 2.69. The van der Waals surface area contributed by atoms with Crippen LogP contribution in [0.4, 0.5) is 5.69 Å². The number of hydrogen-bond donors (Lipinski definition) is 2. The summed E-state index contributed by atoms with van der Waals surface area (Å²) >= 11 is 0. The van der Waals surface area contributed by atoms with Crippen LogP contribution in [-0.2, 0) is 9.84 Å². The molecule has 1 aromatic rings. The SMILES string of the molecule is CCNc1ccnc(C(=O)NCC(C)(C)S(C)(=O)=O)c1. The summed E-state index contributed by atoms with van der Waals surface area (Å²) in [6, 6.07) is 3.40. The van der Waals surface area contributed by atoms with Crippen molar-refractivity contribution in [2.24, 2.45) is 0 Å². The van der Waals surface area contributed by atoms with Gasteiger partial charge in [-0.2, -0.15) is 0 Å². The van der Waals surface area contributed by atoms with Crippen molar-refractivity contribution in [2.75, 3.05) is 24.7 Å².